The number of carbonyl (C=O) groups excluding carboxylic acids is 2. The van der Waals surface area contributed by atoms with Crippen molar-refractivity contribution in [3.8, 4) is 0 Å². The fraction of sp³-hybridized carbons (Fsp3) is 0.333. The maximum atomic E-state index is 10.6. The van der Waals surface area contributed by atoms with E-state index < -0.39 is 5.91 Å². The molecule has 0 aliphatic rings. The highest BCUT2D eigenvalue weighted by Gasteiger charge is 1.97. The van der Waals surface area contributed by atoms with E-state index in [-0.39, 0.29) is 18.9 Å². The van der Waals surface area contributed by atoms with Crippen LogP contribution in [0.1, 0.15) is 6.42 Å². The van der Waals surface area contributed by atoms with E-state index in [0.717, 1.165) is 0 Å². The van der Waals surface area contributed by atoms with Gasteiger partial charge in [-0.25, -0.2) is 0 Å². The van der Waals surface area contributed by atoms with E-state index >= 15 is 0 Å². The Labute approximate surface area is 59.1 Å². The minimum Gasteiger partial charge on any atom is -0.368 e. The number of hydrogen-bond donors (Lipinski definition) is 2. The van der Waals surface area contributed by atoms with E-state index in [9.17, 15) is 9.59 Å². The van der Waals surface area contributed by atoms with Gasteiger partial charge in [-0.2, -0.15) is 0 Å². The van der Waals surface area contributed by atoms with Crippen molar-refractivity contribution < 1.29 is 9.59 Å². The second-order valence-corrected chi connectivity index (χ2v) is 1.74. The lowest BCUT2D eigenvalue weighted by molar-refractivity contribution is -0.124. The molecule has 0 fully saturated rings. The molecule has 0 heterocycles. The zero-order valence-electron chi connectivity index (χ0n) is 5.59. The van der Waals surface area contributed by atoms with Crippen molar-refractivity contribution in [3.05, 3.63) is 12.7 Å². The van der Waals surface area contributed by atoms with Crippen LogP contribution in [0.5, 0.6) is 0 Å². The van der Waals surface area contributed by atoms with Crippen LogP contribution in [0.15, 0.2) is 12.7 Å². The molecule has 0 saturated carbocycles. The first-order valence-electron chi connectivity index (χ1n) is 2.82. The van der Waals surface area contributed by atoms with Crippen LogP contribution in [-0.4, -0.2) is 18.4 Å². The Morgan fingerprint density at radius 2 is 2.20 bits per heavy atom. The summed E-state index contributed by atoms with van der Waals surface area (Å²) >= 11 is 0. The molecule has 2 amide bonds. The van der Waals surface area contributed by atoms with Crippen LogP contribution in [0.2, 0.25) is 0 Å². The van der Waals surface area contributed by atoms with Gasteiger partial charge < -0.3 is 11.1 Å². The Balaban J connectivity index is 3.39. The van der Waals surface area contributed by atoms with Crippen molar-refractivity contribution in [3.63, 3.8) is 0 Å². The minimum atomic E-state index is -0.544. The normalized spacial score (nSPS) is 8.40. The third-order valence-electron chi connectivity index (χ3n) is 0.790. The fourth-order valence-electron chi connectivity index (χ4n) is 0.389. The number of nitrogens with one attached hydrogen (secondary N) is 1. The molecule has 4 heteroatoms. The lowest BCUT2D eigenvalue weighted by atomic mass is 10.4. The Kier molecular flexibility index (Phi) is 3.95. The molecular weight excluding hydrogens is 132 g/mol. The molecule has 0 aromatic rings. The Morgan fingerprint density at radius 3 is 2.60 bits per heavy atom. The molecule has 4 nitrogen and oxygen atoms in total. The van der Waals surface area contributed by atoms with Crippen LogP contribution in [0.3, 0.4) is 0 Å². The van der Waals surface area contributed by atoms with E-state index in [4.69, 9.17) is 5.73 Å². The quantitative estimate of drug-likeness (QED) is 0.502. The molecule has 3 N–H and O–H groups in total. The van der Waals surface area contributed by atoms with Crippen LogP contribution in [-0.2, 0) is 9.59 Å². The number of amides is 2. The zero-order chi connectivity index (χ0) is 7.98. The minimum absolute atomic E-state index is 0.104. The largest absolute Gasteiger partial charge is 0.368 e. The molecule has 10 heavy (non-hydrogen) atoms. The van der Waals surface area contributed by atoms with E-state index in [0.29, 0.717) is 0 Å². The molecule has 0 aromatic heterocycles. The van der Waals surface area contributed by atoms with E-state index in [1.807, 2.05) is 0 Å². The number of nitrogens with two attached hydrogens (primary N) is 1. The molecule has 0 unspecified atom stereocenters. The summed E-state index contributed by atoms with van der Waals surface area (Å²) in [6.07, 6.45) is 1.67. The summed E-state index contributed by atoms with van der Waals surface area (Å²) in [5.74, 6) is -0.786. The van der Waals surface area contributed by atoms with Crippen LogP contribution < -0.4 is 11.1 Å². The van der Waals surface area contributed by atoms with Gasteiger partial charge in [0.25, 0.3) is 0 Å². The van der Waals surface area contributed by atoms with Crippen LogP contribution in [0, 0.1) is 0 Å². The molecular formula is C6H10N2O2. The molecule has 0 aliphatic heterocycles. The van der Waals surface area contributed by atoms with E-state index in [2.05, 4.69) is 11.9 Å². The summed E-state index contributed by atoms with van der Waals surface area (Å²) in [5.41, 5.74) is 4.76. The third kappa shape index (κ3) is 4.83. The lowest BCUT2D eigenvalue weighted by Gasteiger charge is -1.97. The summed E-state index contributed by atoms with van der Waals surface area (Å²) in [6, 6.07) is 0. The molecule has 56 valence electrons. The maximum absolute atomic E-state index is 10.6. The molecule has 0 bridgehead atoms. The fourth-order valence-corrected chi connectivity index (χ4v) is 0.389. The van der Waals surface area contributed by atoms with Crippen molar-refractivity contribution in [2.75, 3.05) is 6.54 Å². The van der Waals surface area contributed by atoms with Crippen molar-refractivity contribution in [2.45, 2.75) is 6.42 Å². The SMILES string of the molecule is C=CCC(=O)NCC(N)=O. The average molecular weight is 142 g/mol. The predicted molar refractivity (Wildman–Crippen MR) is 37.0 cm³/mol. The van der Waals surface area contributed by atoms with Crippen molar-refractivity contribution >= 4 is 11.8 Å². The Hall–Kier alpha value is -1.32. The van der Waals surface area contributed by atoms with Gasteiger partial charge in [0.2, 0.25) is 11.8 Å². The third-order valence-corrected chi connectivity index (χ3v) is 0.790. The molecule has 0 radical (unpaired) electrons. The second-order valence-electron chi connectivity index (χ2n) is 1.74. The van der Waals surface area contributed by atoms with Gasteiger partial charge in [-0.1, -0.05) is 6.08 Å². The van der Waals surface area contributed by atoms with Gasteiger partial charge in [0.15, 0.2) is 0 Å². The summed E-state index contributed by atoms with van der Waals surface area (Å²) < 4.78 is 0. The number of hydrogen-bond acceptors (Lipinski definition) is 2. The molecule has 0 saturated heterocycles. The summed E-state index contributed by atoms with van der Waals surface area (Å²) in [6.45, 7) is 3.25. The van der Waals surface area contributed by atoms with Gasteiger partial charge in [0.05, 0.1) is 6.54 Å². The molecule has 0 aliphatic carbocycles. The van der Waals surface area contributed by atoms with Crippen LogP contribution in [0.4, 0.5) is 0 Å². The predicted octanol–water partition coefficient (Wildman–Crippen LogP) is -0.836. The van der Waals surface area contributed by atoms with Crippen LogP contribution in [0.25, 0.3) is 0 Å². The van der Waals surface area contributed by atoms with E-state index in [1.54, 1.807) is 0 Å². The van der Waals surface area contributed by atoms with Gasteiger partial charge in [-0.05, 0) is 0 Å². The van der Waals surface area contributed by atoms with Crippen LogP contribution >= 0.6 is 0 Å². The summed E-state index contributed by atoms with van der Waals surface area (Å²) in [4.78, 5) is 20.6. The van der Waals surface area contributed by atoms with Crippen molar-refractivity contribution in [1.82, 2.24) is 5.32 Å². The molecule has 0 rings (SSSR count). The first kappa shape index (κ1) is 8.68. The van der Waals surface area contributed by atoms with Gasteiger partial charge >= 0.3 is 0 Å². The summed E-state index contributed by atoms with van der Waals surface area (Å²) in [7, 11) is 0. The molecule has 0 aromatic carbocycles. The smallest absolute Gasteiger partial charge is 0.236 e. The van der Waals surface area contributed by atoms with Gasteiger partial charge in [-0.3, -0.25) is 9.59 Å². The monoisotopic (exact) mass is 142 g/mol. The van der Waals surface area contributed by atoms with E-state index in [1.165, 1.54) is 6.08 Å². The van der Waals surface area contributed by atoms with Gasteiger partial charge in [-0.15, -0.1) is 6.58 Å². The summed E-state index contributed by atoms with van der Waals surface area (Å²) in [5, 5.41) is 2.30. The molecule has 0 spiro atoms. The highest BCUT2D eigenvalue weighted by molar-refractivity contribution is 5.84. The first-order chi connectivity index (χ1) is 4.66. The highest BCUT2D eigenvalue weighted by Crippen LogP contribution is 1.77. The zero-order valence-corrected chi connectivity index (χ0v) is 5.59. The maximum Gasteiger partial charge on any atom is 0.236 e. The standard InChI is InChI=1S/C6H10N2O2/c1-2-3-6(10)8-4-5(7)9/h2H,1,3-4H2,(H2,7,9)(H,8,10). The van der Waals surface area contributed by atoms with Gasteiger partial charge in [0, 0.05) is 6.42 Å². The number of rotatable bonds is 4. The first-order valence-corrected chi connectivity index (χ1v) is 2.82. The average Bonchev–Trinajstić information content (AvgIpc) is 1.85. The van der Waals surface area contributed by atoms with Crippen molar-refractivity contribution in [1.29, 1.82) is 0 Å². The van der Waals surface area contributed by atoms with Gasteiger partial charge in [0.1, 0.15) is 0 Å². The highest BCUT2D eigenvalue weighted by atomic mass is 16.2. The number of carbonyl (C=O) groups is 2. The lowest BCUT2D eigenvalue weighted by Crippen LogP contribution is -2.32. The Morgan fingerprint density at radius 1 is 1.60 bits per heavy atom. The second kappa shape index (κ2) is 4.55. The van der Waals surface area contributed by atoms with Crippen molar-refractivity contribution in [2.24, 2.45) is 5.73 Å². The molecule has 0 atom stereocenters. The topological polar surface area (TPSA) is 72.2 Å². The Bertz CT molecular complexity index is 154. The number of primary amides is 1.